The molecule has 4 aliphatic rings. The van der Waals surface area contributed by atoms with Crippen molar-refractivity contribution in [2.45, 2.75) is 95.6 Å². The minimum Gasteiger partial charge on any atom is -0.477 e. The van der Waals surface area contributed by atoms with Crippen LogP contribution in [-0.2, 0) is 9.59 Å². The Labute approximate surface area is 228 Å². The number of amides is 4. The summed E-state index contributed by atoms with van der Waals surface area (Å²) >= 11 is 1.28. The molecule has 3 aliphatic carbocycles. The van der Waals surface area contributed by atoms with Gasteiger partial charge in [0.15, 0.2) is 0 Å². The summed E-state index contributed by atoms with van der Waals surface area (Å²) in [6.45, 7) is 2.22. The zero-order chi connectivity index (χ0) is 27.2. The fraction of sp³-hybridized carbons (Fsp3) is 0.655. The number of hydrogen-bond donors (Lipinski definition) is 1. The molecule has 1 aliphatic heterocycles. The van der Waals surface area contributed by atoms with Crippen LogP contribution in [0, 0.1) is 11.8 Å². The lowest BCUT2D eigenvalue weighted by Gasteiger charge is -2.43. The second-order valence-corrected chi connectivity index (χ2v) is 12.8. The quantitative estimate of drug-likeness (QED) is 0.478. The summed E-state index contributed by atoms with van der Waals surface area (Å²) in [5.41, 5.74) is 0.809. The van der Waals surface area contributed by atoms with Crippen LogP contribution in [0.2, 0.25) is 0 Å². The first-order valence-electron chi connectivity index (χ1n) is 14.1. The van der Waals surface area contributed by atoms with Crippen LogP contribution in [0.5, 0.6) is 0 Å². The van der Waals surface area contributed by atoms with Gasteiger partial charge in [-0.15, -0.1) is 11.3 Å². The molecule has 206 valence electrons. The zero-order valence-electron chi connectivity index (χ0n) is 22.7. The number of anilines is 1. The van der Waals surface area contributed by atoms with Crippen molar-refractivity contribution in [2.75, 3.05) is 19.0 Å². The fourth-order valence-electron chi connectivity index (χ4n) is 6.97. The highest BCUT2D eigenvalue weighted by atomic mass is 32.1. The van der Waals surface area contributed by atoms with Crippen LogP contribution in [-0.4, -0.2) is 64.4 Å². The molecule has 2 heterocycles. The van der Waals surface area contributed by atoms with Crippen molar-refractivity contribution in [1.29, 1.82) is 0 Å². The molecule has 0 unspecified atom stereocenters. The lowest BCUT2D eigenvalue weighted by atomic mass is 9.77. The maximum Gasteiger partial charge on any atom is 0.348 e. The lowest BCUT2D eigenvalue weighted by Crippen LogP contribution is -2.55. The summed E-state index contributed by atoms with van der Waals surface area (Å²) < 4.78 is 0. The minimum absolute atomic E-state index is 0.0154. The van der Waals surface area contributed by atoms with Gasteiger partial charge in [-0.2, -0.15) is 0 Å². The number of urea groups is 1. The lowest BCUT2D eigenvalue weighted by molar-refractivity contribution is -0.133. The third-order valence-electron chi connectivity index (χ3n) is 9.44. The van der Waals surface area contributed by atoms with E-state index in [-0.39, 0.29) is 34.7 Å². The number of imide groups is 1. The average Bonchev–Trinajstić information content (AvgIpc) is 3.43. The highest BCUT2D eigenvalue weighted by Crippen LogP contribution is 2.45. The Hall–Kier alpha value is -2.68. The molecule has 2 saturated carbocycles. The highest BCUT2D eigenvalue weighted by Gasteiger charge is 2.56. The summed E-state index contributed by atoms with van der Waals surface area (Å²) in [5, 5.41) is 10.2. The van der Waals surface area contributed by atoms with Crippen LogP contribution in [0.1, 0.15) is 98.5 Å². The molecular formula is C29H39N3O5S. The smallest absolute Gasteiger partial charge is 0.348 e. The van der Waals surface area contributed by atoms with Crippen molar-refractivity contribution in [2.24, 2.45) is 11.8 Å². The molecule has 0 bridgehead atoms. The van der Waals surface area contributed by atoms with Crippen LogP contribution in [0.25, 0.3) is 5.57 Å². The van der Waals surface area contributed by atoms with Crippen molar-refractivity contribution in [3.05, 3.63) is 21.9 Å². The molecule has 8 nitrogen and oxygen atoms in total. The number of nitrogens with zero attached hydrogens (tertiary/aromatic N) is 3. The average molecular weight is 542 g/mol. The number of carbonyl (C=O) groups excluding carboxylic acids is 3. The molecule has 1 saturated heterocycles. The molecule has 38 heavy (non-hydrogen) atoms. The Morgan fingerprint density at radius 3 is 2.29 bits per heavy atom. The summed E-state index contributed by atoms with van der Waals surface area (Å²) in [4.78, 5) is 58.0. The third kappa shape index (κ3) is 4.56. The zero-order valence-corrected chi connectivity index (χ0v) is 23.5. The Morgan fingerprint density at radius 2 is 1.74 bits per heavy atom. The SMILES string of the molecule is CC1CCC(C(=O)N(c2cc(C3=CCCCC3)sc2C(=O)O)C2CCC3(CC2)C(=O)N(C)C(=O)N3C)CC1. The summed E-state index contributed by atoms with van der Waals surface area (Å²) in [5.74, 6) is -0.698. The standard InChI is InChI=1S/C29H39N3O5S/c1-18-9-11-20(12-10-18)25(33)32(21-13-15-29(16-14-21)27(36)30(2)28(37)31(29)3)22-17-23(38-24(22)26(34)35)19-7-5-4-6-8-19/h7,17-18,20-21H,4-6,8-16H2,1-3H3,(H,34,35). The number of carboxylic acids is 1. The maximum absolute atomic E-state index is 14.2. The van der Waals surface area contributed by atoms with Crippen LogP contribution in [0.3, 0.4) is 0 Å². The summed E-state index contributed by atoms with van der Waals surface area (Å²) in [7, 11) is 3.20. The second-order valence-electron chi connectivity index (χ2n) is 11.7. The minimum atomic E-state index is -1.01. The number of carbonyl (C=O) groups is 4. The number of aromatic carboxylic acids is 1. The van der Waals surface area contributed by atoms with E-state index in [1.807, 2.05) is 6.07 Å². The number of hydrogen-bond acceptors (Lipinski definition) is 5. The summed E-state index contributed by atoms with van der Waals surface area (Å²) in [6.07, 6.45) is 12.0. The van der Waals surface area contributed by atoms with E-state index in [2.05, 4.69) is 13.0 Å². The largest absolute Gasteiger partial charge is 0.477 e. The first-order chi connectivity index (χ1) is 18.1. The van der Waals surface area contributed by atoms with E-state index in [0.29, 0.717) is 37.3 Å². The van der Waals surface area contributed by atoms with E-state index in [1.165, 1.54) is 28.9 Å². The van der Waals surface area contributed by atoms with Crippen molar-refractivity contribution in [3.63, 3.8) is 0 Å². The predicted molar refractivity (Wildman–Crippen MR) is 147 cm³/mol. The van der Waals surface area contributed by atoms with E-state index in [0.717, 1.165) is 56.2 Å². The monoisotopic (exact) mass is 541 g/mol. The van der Waals surface area contributed by atoms with Crippen LogP contribution in [0.15, 0.2) is 12.1 Å². The number of allylic oxidation sites excluding steroid dienone is 2. The molecule has 3 fully saturated rings. The number of thiophene rings is 1. The van der Waals surface area contributed by atoms with Gasteiger partial charge in [-0.3, -0.25) is 14.5 Å². The van der Waals surface area contributed by atoms with E-state index in [4.69, 9.17) is 0 Å². The Bertz CT molecular complexity index is 1160. The normalized spacial score (nSPS) is 30.1. The van der Waals surface area contributed by atoms with Crippen molar-refractivity contribution < 1.29 is 24.3 Å². The van der Waals surface area contributed by atoms with Gasteiger partial charge in [-0.1, -0.05) is 13.0 Å². The molecule has 5 rings (SSSR count). The van der Waals surface area contributed by atoms with Crippen LogP contribution >= 0.6 is 11.3 Å². The second kappa shape index (κ2) is 10.5. The molecule has 4 amide bonds. The molecular weight excluding hydrogens is 502 g/mol. The summed E-state index contributed by atoms with van der Waals surface area (Å²) in [6, 6.07) is 1.42. The van der Waals surface area contributed by atoms with Gasteiger partial charge in [0.25, 0.3) is 5.91 Å². The van der Waals surface area contributed by atoms with E-state index in [9.17, 15) is 24.3 Å². The maximum atomic E-state index is 14.2. The van der Waals surface area contributed by atoms with Gasteiger partial charge in [0.05, 0.1) is 5.69 Å². The van der Waals surface area contributed by atoms with Crippen LogP contribution in [0.4, 0.5) is 10.5 Å². The van der Waals surface area contributed by atoms with Gasteiger partial charge in [0.2, 0.25) is 5.91 Å². The molecule has 1 aromatic heterocycles. The molecule has 0 atom stereocenters. The first-order valence-corrected chi connectivity index (χ1v) is 14.9. The Kier molecular flexibility index (Phi) is 7.42. The van der Waals surface area contributed by atoms with Crippen molar-refractivity contribution >= 4 is 46.4 Å². The van der Waals surface area contributed by atoms with Gasteiger partial charge >= 0.3 is 12.0 Å². The van der Waals surface area contributed by atoms with Gasteiger partial charge < -0.3 is 14.9 Å². The highest BCUT2D eigenvalue weighted by molar-refractivity contribution is 7.15. The van der Waals surface area contributed by atoms with Gasteiger partial charge in [0.1, 0.15) is 10.4 Å². The number of rotatable bonds is 5. The first kappa shape index (κ1) is 26.9. The van der Waals surface area contributed by atoms with Crippen LogP contribution < -0.4 is 4.90 Å². The molecule has 1 aromatic rings. The van der Waals surface area contributed by atoms with E-state index >= 15 is 0 Å². The Balaban J connectivity index is 1.49. The van der Waals surface area contributed by atoms with Gasteiger partial charge in [-0.05, 0) is 94.6 Å². The number of likely N-dealkylation sites (N-methyl/N-ethyl adjacent to an activating group) is 2. The molecule has 1 spiro atoms. The van der Waals surface area contributed by atoms with Gasteiger partial charge in [0, 0.05) is 30.9 Å². The van der Waals surface area contributed by atoms with Crippen molar-refractivity contribution in [3.8, 4) is 0 Å². The molecule has 0 aromatic carbocycles. The third-order valence-corrected chi connectivity index (χ3v) is 10.6. The molecule has 0 radical (unpaired) electrons. The topological polar surface area (TPSA) is 98.2 Å². The predicted octanol–water partition coefficient (Wildman–Crippen LogP) is 5.77. The Morgan fingerprint density at radius 1 is 1.05 bits per heavy atom. The van der Waals surface area contributed by atoms with E-state index in [1.54, 1.807) is 16.8 Å². The molecule has 1 N–H and O–H groups in total. The molecule has 9 heteroatoms. The van der Waals surface area contributed by atoms with E-state index < -0.39 is 11.5 Å². The van der Waals surface area contributed by atoms with Crippen molar-refractivity contribution in [1.82, 2.24) is 9.80 Å². The number of carboxylic acid groups (broad SMARTS) is 1. The van der Waals surface area contributed by atoms with Gasteiger partial charge in [-0.25, -0.2) is 9.59 Å². The fourth-order valence-corrected chi connectivity index (χ4v) is 8.03.